The first kappa shape index (κ1) is 29.3. The molecule has 1 atom stereocenters. The van der Waals surface area contributed by atoms with E-state index in [1.165, 1.54) is 0 Å². The van der Waals surface area contributed by atoms with E-state index in [0.29, 0.717) is 0 Å². The highest BCUT2D eigenvalue weighted by molar-refractivity contribution is 5.05. The molecule has 0 aliphatic heterocycles. The van der Waals surface area contributed by atoms with Gasteiger partial charge in [-0.2, -0.15) is 65.9 Å². The number of alkyl halides is 13. The van der Waals surface area contributed by atoms with Crippen molar-refractivity contribution in [2.24, 2.45) is 0 Å². The quantitative estimate of drug-likeness (QED) is 0.226. The molecule has 0 rings (SSSR count). The van der Waals surface area contributed by atoms with Gasteiger partial charge in [-0.05, 0) is 6.42 Å². The minimum absolute atomic E-state index is 0.362. The minimum atomic E-state index is -8.11. The molecule has 0 aromatic heterocycles. The molecule has 1 unspecified atom stereocenters. The first-order valence-electron chi connectivity index (χ1n) is 7.14. The van der Waals surface area contributed by atoms with Crippen LogP contribution in [0.15, 0.2) is 12.1 Å². The Morgan fingerprint density at radius 1 is 0.710 bits per heavy atom. The smallest absolute Gasteiger partial charge is 0.397 e. The molecule has 0 fully saturated rings. The molecule has 0 heterocycles. The summed E-state index contributed by atoms with van der Waals surface area (Å²) >= 11 is 0. The van der Waals surface area contributed by atoms with Crippen molar-refractivity contribution in [1.82, 2.24) is 0 Å². The van der Waals surface area contributed by atoms with Crippen LogP contribution in [0.25, 0.3) is 0 Å². The number of ether oxygens (including phenoxy) is 3. The van der Waals surface area contributed by atoms with Gasteiger partial charge in [-0.1, -0.05) is 6.92 Å². The molecule has 31 heavy (non-hydrogen) atoms. The second-order valence-corrected chi connectivity index (χ2v) is 5.24. The summed E-state index contributed by atoms with van der Waals surface area (Å²) in [5, 5.41) is 0. The van der Waals surface area contributed by atoms with Crippen molar-refractivity contribution in [3.63, 3.8) is 0 Å². The van der Waals surface area contributed by atoms with E-state index in [2.05, 4.69) is 9.47 Å². The van der Waals surface area contributed by atoms with Gasteiger partial charge in [0.05, 0.1) is 6.61 Å². The van der Waals surface area contributed by atoms with Crippen molar-refractivity contribution in [2.45, 2.75) is 55.8 Å². The highest BCUT2D eigenvalue weighted by Gasteiger charge is 2.89. The van der Waals surface area contributed by atoms with Crippen LogP contribution in [0, 0.1) is 0 Å². The topological polar surface area (TPSA) is 27.7 Å². The summed E-state index contributed by atoms with van der Waals surface area (Å²) in [5.41, 5.74) is 0. The average Bonchev–Trinajstić information content (AvgIpc) is 2.58. The van der Waals surface area contributed by atoms with Crippen molar-refractivity contribution in [3.8, 4) is 0 Å². The van der Waals surface area contributed by atoms with Crippen LogP contribution in [0.1, 0.15) is 13.3 Å². The molecule has 0 aliphatic rings. The van der Waals surface area contributed by atoms with Crippen molar-refractivity contribution in [2.75, 3.05) is 6.61 Å². The Balaban J connectivity index is 6.06. The van der Waals surface area contributed by atoms with Gasteiger partial charge in [0.15, 0.2) is 0 Å². The lowest BCUT2D eigenvalue weighted by molar-refractivity contribution is -0.488. The molecule has 0 N–H and O–H groups in total. The Hall–Kier alpha value is -1.66. The minimum Gasteiger partial charge on any atom is -0.397 e. The molecule has 0 radical (unpaired) electrons. The molecule has 186 valence electrons. The fourth-order valence-corrected chi connectivity index (χ4v) is 1.35. The molecular weight excluding hydrogens is 496 g/mol. The van der Waals surface area contributed by atoms with E-state index >= 15 is 0 Å². The second kappa shape index (κ2) is 9.07. The van der Waals surface area contributed by atoms with Gasteiger partial charge in [-0.3, -0.25) is 4.74 Å². The summed E-state index contributed by atoms with van der Waals surface area (Å²) in [4.78, 5) is 0. The van der Waals surface area contributed by atoms with Crippen molar-refractivity contribution < 1.29 is 84.5 Å². The normalized spacial score (nSPS) is 15.6. The summed E-state index contributed by atoms with van der Waals surface area (Å²) in [6.07, 6.45) is -29.6. The molecule has 19 heteroatoms. The first-order valence-corrected chi connectivity index (χ1v) is 7.14. The fraction of sp³-hybridized carbons (Fsp3) is 0.833. The number of halogens is 16. The van der Waals surface area contributed by atoms with Gasteiger partial charge >= 0.3 is 48.2 Å². The predicted octanol–water partition coefficient (Wildman–Crippen LogP) is 6.46. The Bertz CT molecular complexity index is 642. The maximum absolute atomic E-state index is 13.3. The number of rotatable bonds is 12. The van der Waals surface area contributed by atoms with E-state index in [4.69, 9.17) is 0 Å². The summed E-state index contributed by atoms with van der Waals surface area (Å²) in [6.45, 7) is -0.0502. The van der Waals surface area contributed by atoms with Gasteiger partial charge in [0.25, 0.3) is 6.36 Å². The van der Waals surface area contributed by atoms with Crippen LogP contribution >= 0.6 is 0 Å². The molecular formula is C12H8F16O3. The third-order valence-electron chi connectivity index (χ3n) is 2.90. The molecule has 0 aromatic carbocycles. The maximum Gasteiger partial charge on any atom is 0.472 e. The van der Waals surface area contributed by atoms with Crippen LogP contribution in [-0.2, 0) is 14.2 Å². The van der Waals surface area contributed by atoms with Gasteiger partial charge < -0.3 is 9.47 Å². The Morgan fingerprint density at radius 3 is 1.52 bits per heavy atom. The fourth-order valence-electron chi connectivity index (χ4n) is 1.35. The van der Waals surface area contributed by atoms with E-state index in [1.807, 2.05) is 0 Å². The summed E-state index contributed by atoms with van der Waals surface area (Å²) in [7, 11) is 0. The SMILES string of the molecule is CCCOC(F)(F)C(F)OC(F)(F)C(F)(F)C(F)(F)C(F)(F)C(F)(F)OC(F)=C(F)F. The lowest BCUT2D eigenvalue weighted by atomic mass is 10.0. The average molecular weight is 504 g/mol. The number of hydrogen-bond donors (Lipinski definition) is 0. The monoisotopic (exact) mass is 504 g/mol. The van der Waals surface area contributed by atoms with Crippen LogP contribution in [0.2, 0.25) is 0 Å². The lowest BCUT2D eigenvalue weighted by Crippen LogP contribution is -2.68. The van der Waals surface area contributed by atoms with Crippen LogP contribution in [-0.4, -0.2) is 49.1 Å². The second-order valence-electron chi connectivity index (χ2n) is 5.24. The Morgan fingerprint density at radius 2 is 1.13 bits per heavy atom. The maximum atomic E-state index is 13.3. The summed E-state index contributed by atoms with van der Waals surface area (Å²) in [6, 6.07) is -3.98. The third kappa shape index (κ3) is 5.58. The zero-order chi connectivity index (χ0) is 25.3. The van der Waals surface area contributed by atoms with Crippen LogP contribution in [0.4, 0.5) is 70.2 Å². The van der Waals surface area contributed by atoms with Crippen molar-refractivity contribution in [3.05, 3.63) is 12.1 Å². The molecule has 3 nitrogen and oxygen atoms in total. The molecule has 0 saturated carbocycles. The standard InChI is InChI=1S/C12H8F16O3/c1-2-3-29-7(17,18)6(16)31-12(27,28)10(23,24)8(19,20)9(21,22)11(25,26)30-5(15)4(13)14/h6H,2-3H2,1H3. The van der Waals surface area contributed by atoms with E-state index in [9.17, 15) is 70.2 Å². The van der Waals surface area contributed by atoms with Crippen LogP contribution < -0.4 is 0 Å². The van der Waals surface area contributed by atoms with Gasteiger partial charge in [0.1, 0.15) is 0 Å². The van der Waals surface area contributed by atoms with Gasteiger partial charge in [-0.15, -0.1) is 0 Å². The van der Waals surface area contributed by atoms with E-state index < -0.39 is 61.2 Å². The predicted molar refractivity (Wildman–Crippen MR) is 63.3 cm³/mol. The molecule has 0 bridgehead atoms. The first-order chi connectivity index (χ1) is 13.5. The number of hydrogen-bond acceptors (Lipinski definition) is 3. The molecule has 0 aliphatic carbocycles. The molecule has 0 spiro atoms. The van der Waals surface area contributed by atoms with Crippen molar-refractivity contribution >= 4 is 0 Å². The largest absolute Gasteiger partial charge is 0.472 e. The highest BCUT2D eigenvalue weighted by Crippen LogP contribution is 2.58. The van der Waals surface area contributed by atoms with Gasteiger partial charge in [0, 0.05) is 0 Å². The Labute approximate surface area is 160 Å². The van der Waals surface area contributed by atoms with E-state index in [1.54, 1.807) is 4.74 Å². The highest BCUT2D eigenvalue weighted by atomic mass is 19.4. The van der Waals surface area contributed by atoms with Crippen LogP contribution in [0.5, 0.6) is 0 Å². The summed E-state index contributed by atoms with van der Waals surface area (Å²) < 4.78 is 213. The zero-order valence-electron chi connectivity index (χ0n) is 14.3. The van der Waals surface area contributed by atoms with Gasteiger partial charge in [-0.25, -0.2) is 4.39 Å². The van der Waals surface area contributed by atoms with Crippen LogP contribution in [0.3, 0.4) is 0 Å². The Kier molecular flexibility index (Phi) is 8.58. The summed E-state index contributed by atoms with van der Waals surface area (Å²) in [5.74, 6) is -24.0. The molecule has 0 saturated heterocycles. The van der Waals surface area contributed by atoms with Gasteiger partial charge in [0.2, 0.25) is 0 Å². The van der Waals surface area contributed by atoms with Crippen molar-refractivity contribution in [1.29, 1.82) is 0 Å². The molecule has 0 aromatic rings. The lowest BCUT2D eigenvalue weighted by Gasteiger charge is -2.38. The molecule has 0 amide bonds. The van der Waals surface area contributed by atoms with E-state index in [-0.39, 0.29) is 6.42 Å². The van der Waals surface area contributed by atoms with E-state index in [0.717, 1.165) is 6.92 Å². The third-order valence-corrected chi connectivity index (χ3v) is 2.90. The zero-order valence-corrected chi connectivity index (χ0v) is 14.3.